The third-order valence-electron chi connectivity index (χ3n) is 4.17. The molecule has 0 fully saturated rings. The number of hydrogen-bond acceptors (Lipinski definition) is 5. The predicted octanol–water partition coefficient (Wildman–Crippen LogP) is 4.14. The Labute approximate surface area is 149 Å². The molecule has 0 atom stereocenters. The minimum absolute atomic E-state index is 0.0203. The maximum absolute atomic E-state index is 12.4. The van der Waals surface area contributed by atoms with Crippen LogP contribution in [0.15, 0.2) is 47.6 Å². The van der Waals surface area contributed by atoms with Crippen molar-refractivity contribution in [2.75, 3.05) is 12.1 Å². The number of amides is 1. The van der Waals surface area contributed by atoms with Gasteiger partial charge >= 0.3 is 0 Å². The fourth-order valence-electron chi connectivity index (χ4n) is 2.80. The zero-order chi connectivity index (χ0) is 17.4. The monoisotopic (exact) mass is 351 g/mol. The van der Waals surface area contributed by atoms with Crippen molar-refractivity contribution in [1.29, 1.82) is 0 Å². The Hall–Kier alpha value is -2.73. The molecule has 6 heteroatoms. The van der Waals surface area contributed by atoms with E-state index in [4.69, 9.17) is 4.74 Å². The number of aryl methyl sites for hydroxylation is 1. The molecule has 1 aliphatic rings. The highest BCUT2D eigenvalue weighted by atomic mass is 32.1. The smallest absolute Gasteiger partial charge is 0.249 e. The van der Waals surface area contributed by atoms with Gasteiger partial charge in [-0.2, -0.15) is 10.1 Å². The van der Waals surface area contributed by atoms with Crippen LogP contribution in [0.2, 0.25) is 0 Å². The van der Waals surface area contributed by atoms with Gasteiger partial charge in [-0.3, -0.25) is 4.79 Å². The third-order valence-corrected chi connectivity index (χ3v) is 5.16. The molecule has 0 bridgehead atoms. The summed E-state index contributed by atoms with van der Waals surface area (Å²) < 4.78 is 6.26. The first-order valence-corrected chi connectivity index (χ1v) is 8.88. The molecule has 0 saturated carbocycles. The van der Waals surface area contributed by atoms with Crippen LogP contribution in [-0.4, -0.2) is 23.7 Å². The molecule has 1 amide bonds. The summed E-state index contributed by atoms with van der Waals surface area (Å²) in [5, 5.41) is 6.65. The molecule has 2 heterocycles. The van der Waals surface area contributed by atoms with E-state index in [0.29, 0.717) is 18.0 Å². The van der Waals surface area contributed by atoms with Gasteiger partial charge in [0.2, 0.25) is 11.0 Å². The van der Waals surface area contributed by atoms with Crippen molar-refractivity contribution in [2.24, 2.45) is 5.10 Å². The zero-order valence-corrected chi connectivity index (χ0v) is 14.8. The molecule has 5 nitrogen and oxygen atoms in total. The van der Waals surface area contributed by atoms with Crippen molar-refractivity contribution in [2.45, 2.75) is 19.8 Å². The zero-order valence-electron chi connectivity index (χ0n) is 14.0. The van der Waals surface area contributed by atoms with E-state index in [9.17, 15) is 4.79 Å². The van der Waals surface area contributed by atoms with Gasteiger partial charge in [0.1, 0.15) is 5.75 Å². The van der Waals surface area contributed by atoms with E-state index in [-0.39, 0.29) is 5.91 Å². The summed E-state index contributed by atoms with van der Waals surface area (Å²) in [4.78, 5) is 17.0. The second-order valence-electron chi connectivity index (χ2n) is 5.95. The van der Waals surface area contributed by atoms with Crippen LogP contribution >= 0.6 is 11.3 Å². The highest BCUT2D eigenvalue weighted by molar-refractivity contribution is 7.22. The molecule has 0 radical (unpaired) electrons. The maximum atomic E-state index is 12.4. The number of carbonyl (C=O) groups excluding carboxylic acids is 1. The minimum Gasteiger partial charge on any atom is -0.497 e. The summed E-state index contributed by atoms with van der Waals surface area (Å²) in [6.45, 7) is 2.05. The van der Waals surface area contributed by atoms with Crippen molar-refractivity contribution >= 4 is 38.3 Å². The minimum atomic E-state index is -0.0203. The third kappa shape index (κ3) is 3.00. The van der Waals surface area contributed by atoms with Gasteiger partial charge in [0, 0.05) is 12.8 Å². The van der Waals surface area contributed by atoms with Gasteiger partial charge in [-0.05, 0) is 54.4 Å². The van der Waals surface area contributed by atoms with E-state index in [2.05, 4.69) is 16.2 Å². The molecule has 0 saturated heterocycles. The lowest BCUT2D eigenvalue weighted by Gasteiger charge is -2.21. The van der Waals surface area contributed by atoms with Gasteiger partial charge in [0.15, 0.2) is 0 Å². The summed E-state index contributed by atoms with van der Waals surface area (Å²) >= 11 is 1.49. The molecule has 1 aromatic heterocycles. The van der Waals surface area contributed by atoms with Gasteiger partial charge in [-0.15, -0.1) is 0 Å². The lowest BCUT2D eigenvalue weighted by Crippen LogP contribution is -2.31. The second-order valence-corrected chi connectivity index (χ2v) is 6.96. The fraction of sp³-hybridized carbons (Fsp3) is 0.211. The van der Waals surface area contributed by atoms with E-state index in [1.807, 2.05) is 43.3 Å². The number of thiazole rings is 1. The summed E-state index contributed by atoms with van der Waals surface area (Å²) in [5.41, 5.74) is 3.95. The number of carbonyl (C=O) groups is 1. The average Bonchev–Trinajstić information content (AvgIpc) is 3.05. The van der Waals surface area contributed by atoms with E-state index in [1.165, 1.54) is 21.9 Å². The molecular formula is C19H17N3O2S. The lowest BCUT2D eigenvalue weighted by molar-refractivity contribution is -0.118. The summed E-state index contributed by atoms with van der Waals surface area (Å²) in [6.07, 6.45) is 1.06. The molecule has 2 aromatic carbocycles. The quantitative estimate of drug-likeness (QED) is 0.712. The van der Waals surface area contributed by atoms with E-state index in [0.717, 1.165) is 27.2 Å². The topological polar surface area (TPSA) is 54.8 Å². The van der Waals surface area contributed by atoms with E-state index >= 15 is 0 Å². The molecular weight excluding hydrogens is 334 g/mol. The first-order chi connectivity index (χ1) is 12.1. The number of benzene rings is 2. The van der Waals surface area contributed by atoms with Crippen LogP contribution in [-0.2, 0) is 4.79 Å². The molecule has 4 rings (SSSR count). The van der Waals surface area contributed by atoms with Crippen molar-refractivity contribution in [3.8, 4) is 5.75 Å². The van der Waals surface area contributed by atoms with Crippen LogP contribution in [0.1, 0.15) is 24.0 Å². The number of methoxy groups -OCH3 is 1. The number of ether oxygens (including phenoxy) is 1. The highest BCUT2D eigenvalue weighted by Crippen LogP contribution is 2.32. The number of rotatable bonds is 3. The lowest BCUT2D eigenvalue weighted by atomic mass is 10.0. The number of nitrogens with zero attached hydrogens (tertiary/aromatic N) is 3. The van der Waals surface area contributed by atoms with Crippen LogP contribution in [0.25, 0.3) is 10.2 Å². The summed E-state index contributed by atoms with van der Waals surface area (Å²) in [7, 11) is 1.64. The Morgan fingerprint density at radius 2 is 1.92 bits per heavy atom. The maximum Gasteiger partial charge on any atom is 0.249 e. The summed E-state index contributed by atoms with van der Waals surface area (Å²) in [5.74, 6) is 0.780. The van der Waals surface area contributed by atoms with Gasteiger partial charge in [0.05, 0.1) is 23.0 Å². The number of hydrogen-bond donors (Lipinski definition) is 0. The van der Waals surface area contributed by atoms with E-state index in [1.54, 1.807) is 7.11 Å². The highest BCUT2D eigenvalue weighted by Gasteiger charge is 2.25. The predicted molar refractivity (Wildman–Crippen MR) is 101 cm³/mol. The SMILES string of the molecule is COc1ccc(C2=NN(c3nc4ccc(C)cc4s3)C(=O)CC2)cc1. The summed E-state index contributed by atoms with van der Waals surface area (Å²) in [6, 6.07) is 13.8. The number of fused-ring (bicyclic) bond motifs is 1. The molecule has 0 aliphatic carbocycles. The van der Waals surface area contributed by atoms with Crippen LogP contribution in [0.5, 0.6) is 5.75 Å². The van der Waals surface area contributed by atoms with Crippen LogP contribution in [0.3, 0.4) is 0 Å². The first kappa shape index (κ1) is 15.8. The molecule has 1 aliphatic heterocycles. The number of hydrazone groups is 1. The van der Waals surface area contributed by atoms with Crippen molar-refractivity contribution in [3.63, 3.8) is 0 Å². The van der Waals surface area contributed by atoms with E-state index < -0.39 is 0 Å². The average molecular weight is 351 g/mol. The van der Waals surface area contributed by atoms with Crippen molar-refractivity contribution < 1.29 is 9.53 Å². The Kier molecular flexibility index (Phi) is 3.97. The molecule has 0 spiro atoms. The van der Waals surface area contributed by atoms with Crippen molar-refractivity contribution in [1.82, 2.24) is 4.98 Å². The number of aromatic nitrogens is 1. The van der Waals surface area contributed by atoms with Gasteiger partial charge in [-0.1, -0.05) is 17.4 Å². The molecule has 0 unspecified atom stereocenters. The fourth-order valence-corrected chi connectivity index (χ4v) is 3.84. The van der Waals surface area contributed by atoms with Crippen LogP contribution in [0.4, 0.5) is 5.13 Å². The van der Waals surface area contributed by atoms with Gasteiger partial charge in [0.25, 0.3) is 0 Å². The molecule has 126 valence electrons. The molecule has 3 aromatic rings. The van der Waals surface area contributed by atoms with Crippen molar-refractivity contribution in [3.05, 3.63) is 53.6 Å². The molecule has 0 N–H and O–H groups in total. The van der Waals surface area contributed by atoms with Gasteiger partial charge in [-0.25, -0.2) is 4.98 Å². The second kappa shape index (κ2) is 6.29. The Morgan fingerprint density at radius 1 is 1.12 bits per heavy atom. The molecule has 25 heavy (non-hydrogen) atoms. The number of anilines is 1. The van der Waals surface area contributed by atoms with Gasteiger partial charge < -0.3 is 4.74 Å². The Bertz CT molecular complexity index is 976. The standard InChI is InChI=1S/C19H17N3O2S/c1-12-3-8-16-17(11-12)25-19(20-16)22-18(23)10-9-15(21-22)13-4-6-14(24-2)7-5-13/h3-8,11H,9-10H2,1-2H3. The Balaban J connectivity index is 1.71. The first-order valence-electron chi connectivity index (χ1n) is 8.06. The normalized spacial score (nSPS) is 14.7. The van der Waals surface area contributed by atoms with Crippen LogP contribution < -0.4 is 9.75 Å². The Morgan fingerprint density at radius 3 is 2.68 bits per heavy atom. The largest absolute Gasteiger partial charge is 0.497 e. The van der Waals surface area contributed by atoms with Crippen LogP contribution in [0, 0.1) is 6.92 Å².